The molecule has 1 aromatic carbocycles. The van der Waals surface area contributed by atoms with E-state index < -0.39 is 0 Å². The van der Waals surface area contributed by atoms with Crippen LogP contribution in [0.25, 0.3) is 0 Å². The second-order valence-electron chi connectivity index (χ2n) is 6.72. The highest BCUT2D eigenvalue weighted by molar-refractivity contribution is 5.78. The zero-order valence-electron chi connectivity index (χ0n) is 13.9. The molecule has 0 bridgehead atoms. The molecule has 1 saturated carbocycles. The average Bonchev–Trinajstić information content (AvgIpc) is 2.94. The highest BCUT2D eigenvalue weighted by Gasteiger charge is 2.33. The number of carbonyl (C=O) groups is 1. The van der Waals surface area contributed by atoms with E-state index in [4.69, 9.17) is 10.5 Å². The highest BCUT2D eigenvalue weighted by Crippen LogP contribution is 2.29. The molecular weight excluding hydrogens is 276 g/mol. The molecule has 1 aliphatic rings. The third-order valence-electron chi connectivity index (χ3n) is 4.51. The lowest BCUT2D eigenvalue weighted by atomic mass is 9.98. The Labute approximate surface area is 133 Å². The van der Waals surface area contributed by atoms with Crippen LogP contribution in [-0.4, -0.2) is 24.6 Å². The first-order chi connectivity index (χ1) is 10.5. The topological polar surface area (TPSA) is 64.3 Å². The first-order valence-corrected chi connectivity index (χ1v) is 8.20. The average molecular weight is 304 g/mol. The molecule has 2 rings (SSSR count). The van der Waals surface area contributed by atoms with Crippen molar-refractivity contribution in [2.24, 2.45) is 5.73 Å². The van der Waals surface area contributed by atoms with Gasteiger partial charge in [-0.15, -0.1) is 0 Å². The predicted molar refractivity (Wildman–Crippen MR) is 89.2 cm³/mol. The minimum absolute atomic E-state index is 0.0466. The van der Waals surface area contributed by atoms with E-state index in [1.807, 2.05) is 13.0 Å². The van der Waals surface area contributed by atoms with Gasteiger partial charge in [0.25, 0.3) is 5.91 Å². The van der Waals surface area contributed by atoms with Gasteiger partial charge in [-0.25, -0.2) is 0 Å². The minimum Gasteiger partial charge on any atom is -0.483 e. The largest absolute Gasteiger partial charge is 0.483 e. The monoisotopic (exact) mass is 304 g/mol. The van der Waals surface area contributed by atoms with Gasteiger partial charge in [0, 0.05) is 6.54 Å². The molecule has 1 aliphatic carbocycles. The van der Waals surface area contributed by atoms with Crippen LogP contribution in [-0.2, 0) is 4.79 Å². The van der Waals surface area contributed by atoms with Gasteiger partial charge < -0.3 is 15.8 Å². The zero-order chi connectivity index (χ0) is 16.2. The van der Waals surface area contributed by atoms with Gasteiger partial charge in [0.2, 0.25) is 0 Å². The van der Waals surface area contributed by atoms with Gasteiger partial charge in [-0.05, 0) is 42.9 Å². The molecule has 0 heterocycles. The Kier molecular flexibility index (Phi) is 5.46. The lowest BCUT2D eigenvalue weighted by Crippen LogP contribution is -2.52. The maximum atomic E-state index is 12.2. The molecule has 4 nitrogen and oxygen atoms in total. The fraction of sp³-hybridized carbons (Fsp3) is 0.611. The molecule has 0 aromatic heterocycles. The fourth-order valence-electron chi connectivity index (χ4n) is 3.15. The van der Waals surface area contributed by atoms with Crippen LogP contribution in [0.3, 0.4) is 0 Å². The predicted octanol–water partition coefficient (Wildman–Crippen LogP) is 2.88. The van der Waals surface area contributed by atoms with Crippen LogP contribution in [0.1, 0.15) is 56.6 Å². The molecule has 1 amide bonds. The third kappa shape index (κ3) is 4.01. The van der Waals surface area contributed by atoms with Crippen LogP contribution >= 0.6 is 0 Å². The summed E-state index contributed by atoms with van der Waals surface area (Å²) in [5.41, 5.74) is 7.90. The van der Waals surface area contributed by atoms with Crippen LogP contribution in [0, 0.1) is 6.92 Å². The maximum absolute atomic E-state index is 12.2. The Balaban J connectivity index is 1.98. The highest BCUT2D eigenvalue weighted by atomic mass is 16.5. The molecule has 4 heteroatoms. The smallest absolute Gasteiger partial charge is 0.258 e. The van der Waals surface area contributed by atoms with Crippen LogP contribution in [0.2, 0.25) is 0 Å². The molecular formula is C18H28N2O2. The number of rotatable bonds is 6. The Bertz CT molecular complexity index is 520. The van der Waals surface area contributed by atoms with Crippen molar-refractivity contribution in [3.8, 4) is 5.75 Å². The number of hydrogen-bond donors (Lipinski definition) is 2. The summed E-state index contributed by atoms with van der Waals surface area (Å²) in [5.74, 6) is 1.09. The van der Waals surface area contributed by atoms with E-state index in [-0.39, 0.29) is 18.1 Å². The van der Waals surface area contributed by atoms with Crippen LogP contribution < -0.4 is 15.8 Å². The van der Waals surface area contributed by atoms with Gasteiger partial charge in [0.05, 0.1) is 5.54 Å². The Hall–Kier alpha value is -1.55. The quantitative estimate of drug-likeness (QED) is 0.849. The van der Waals surface area contributed by atoms with Gasteiger partial charge in [-0.1, -0.05) is 38.8 Å². The summed E-state index contributed by atoms with van der Waals surface area (Å²) < 4.78 is 5.79. The number of carbonyl (C=O) groups excluding carboxylic acids is 1. The molecule has 0 atom stereocenters. The molecule has 0 spiro atoms. The van der Waals surface area contributed by atoms with Crippen molar-refractivity contribution >= 4 is 5.91 Å². The van der Waals surface area contributed by atoms with E-state index in [0.29, 0.717) is 12.5 Å². The van der Waals surface area contributed by atoms with Crippen LogP contribution in [0.4, 0.5) is 0 Å². The Morgan fingerprint density at radius 1 is 1.36 bits per heavy atom. The summed E-state index contributed by atoms with van der Waals surface area (Å²) in [6, 6.07) is 6.15. The van der Waals surface area contributed by atoms with Crippen LogP contribution in [0.15, 0.2) is 18.2 Å². The van der Waals surface area contributed by atoms with Crippen molar-refractivity contribution in [2.75, 3.05) is 13.2 Å². The van der Waals surface area contributed by atoms with Gasteiger partial charge in [-0.2, -0.15) is 0 Å². The van der Waals surface area contributed by atoms with Crippen molar-refractivity contribution in [2.45, 2.75) is 57.9 Å². The van der Waals surface area contributed by atoms with Crippen molar-refractivity contribution in [1.29, 1.82) is 0 Å². The van der Waals surface area contributed by atoms with Gasteiger partial charge in [-0.3, -0.25) is 4.79 Å². The SMILES string of the molecule is Cc1ccc(C(C)C)c(OCC(=O)NC2(CN)CCCC2)c1. The van der Waals surface area contributed by atoms with Crippen LogP contribution in [0.5, 0.6) is 5.75 Å². The zero-order valence-corrected chi connectivity index (χ0v) is 13.9. The van der Waals surface area contributed by atoms with E-state index in [1.165, 1.54) is 0 Å². The summed E-state index contributed by atoms with van der Waals surface area (Å²) in [4.78, 5) is 12.2. The number of hydrogen-bond acceptors (Lipinski definition) is 3. The van der Waals surface area contributed by atoms with Crippen molar-refractivity contribution in [3.63, 3.8) is 0 Å². The molecule has 0 unspecified atom stereocenters. The minimum atomic E-state index is -0.214. The van der Waals surface area contributed by atoms with E-state index in [9.17, 15) is 4.79 Å². The van der Waals surface area contributed by atoms with Gasteiger partial charge in [0.1, 0.15) is 5.75 Å². The van der Waals surface area contributed by atoms with Crippen molar-refractivity contribution < 1.29 is 9.53 Å². The molecule has 22 heavy (non-hydrogen) atoms. The van der Waals surface area contributed by atoms with Crippen molar-refractivity contribution in [1.82, 2.24) is 5.32 Å². The third-order valence-corrected chi connectivity index (χ3v) is 4.51. The summed E-state index contributed by atoms with van der Waals surface area (Å²) >= 11 is 0. The standard InChI is InChI=1S/C18H28N2O2/c1-13(2)15-7-6-14(3)10-16(15)22-11-17(21)20-18(12-19)8-4-5-9-18/h6-7,10,13H,4-5,8-9,11-12,19H2,1-3H3,(H,20,21). The Morgan fingerprint density at radius 2 is 2.05 bits per heavy atom. The summed E-state index contributed by atoms with van der Waals surface area (Å²) in [5, 5.41) is 3.09. The van der Waals surface area contributed by atoms with E-state index in [1.54, 1.807) is 0 Å². The number of benzene rings is 1. The van der Waals surface area contributed by atoms with Gasteiger partial charge >= 0.3 is 0 Å². The first kappa shape index (κ1) is 16.8. The molecule has 3 N–H and O–H groups in total. The molecule has 0 radical (unpaired) electrons. The van der Waals surface area contributed by atoms with Crippen molar-refractivity contribution in [3.05, 3.63) is 29.3 Å². The van der Waals surface area contributed by atoms with E-state index in [2.05, 4.69) is 31.3 Å². The summed E-state index contributed by atoms with van der Waals surface area (Å²) in [7, 11) is 0. The lowest BCUT2D eigenvalue weighted by Gasteiger charge is -2.28. The molecule has 122 valence electrons. The van der Waals surface area contributed by atoms with E-state index >= 15 is 0 Å². The first-order valence-electron chi connectivity index (χ1n) is 8.20. The van der Waals surface area contributed by atoms with Gasteiger partial charge in [0.15, 0.2) is 6.61 Å². The second-order valence-corrected chi connectivity index (χ2v) is 6.72. The number of aryl methyl sites for hydroxylation is 1. The summed E-state index contributed by atoms with van der Waals surface area (Å²) in [6.07, 6.45) is 4.20. The molecule has 1 aromatic rings. The lowest BCUT2D eigenvalue weighted by molar-refractivity contribution is -0.124. The fourth-order valence-corrected chi connectivity index (χ4v) is 3.15. The number of nitrogens with two attached hydrogens (primary N) is 1. The molecule has 0 aliphatic heterocycles. The second kappa shape index (κ2) is 7.14. The normalized spacial score (nSPS) is 16.8. The number of nitrogens with one attached hydrogen (secondary N) is 1. The maximum Gasteiger partial charge on any atom is 0.258 e. The molecule has 1 fully saturated rings. The van der Waals surface area contributed by atoms with E-state index in [0.717, 1.165) is 42.6 Å². The number of amides is 1. The summed E-state index contributed by atoms with van der Waals surface area (Å²) in [6.45, 7) is 6.82. The Morgan fingerprint density at radius 3 is 2.64 bits per heavy atom. The number of ether oxygens (including phenoxy) is 1. The molecule has 0 saturated heterocycles.